The van der Waals surface area contributed by atoms with Crippen LogP contribution in [0.25, 0.3) is 22.3 Å². The van der Waals surface area contributed by atoms with Crippen LogP contribution in [0.1, 0.15) is 11.1 Å². The second-order valence-corrected chi connectivity index (χ2v) is 10.6. The summed E-state index contributed by atoms with van der Waals surface area (Å²) in [5, 5.41) is 19.3. The number of aromatic nitrogens is 2. The van der Waals surface area contributed by atoms with Crippen molar-refractivity contribution >= 4 is 61.9 Å². The molecule has 0 aliphatic carbocycles. The molecule has 4 aromatic carbocycles. The van der Waals surface area contributed by atoms with Gasteiger partial charge in [-0.1, -0.05) is 35.9 Å². The fourth-order valence-corrected chi connectivity index (χ4v) is 4.90. The van der Waals surface area contributed by atoms with Crippen molar-refractivity contribution in [3.8, 4) is 17.1 Å². The van der Waals surface area contributed by atoms with Crippen LogP contribution in [0, 0.1) is 10.1 Å². The van der Waals surface area contributed by atoms with Gasteiger partial charge in [0.15, 0.2) is 12.4 Å². The van der Waals surface area contributed by atoms with Crippen molar-refractivity contribution in [1.29, 1.82) is 0 Å². The maximum Gasteiger partial charge on any atom is 0.416 e. The maximum atomic E-state index is 13.5. The Bertz CT molecular complexity index is 2030. The van der Waals surface area contributed by atoms with Crippen molar-refractivity contribution in [2.45, 2.75) is 6.18 Å². The number of halogens is 5. The molecule has 10 nitrogen and oxygen atoms in total. The van der Waals surface area contributed by atoms with E-state index in [1.165, 1.54) is 30.3 Å². The van der Waals surface area contributed by atoms with Crippen LogP contribution in [0.5, 0.6) is 5.75 Å². The van der Waals surface area contributed by atoms with Gasteiger partial charge >= 0.3 is 11.9 Å². The molecule has 0 saturated carbocycles. The Hall–Kier alpha value is -5.08. The number of carbonyl (C=O) groups is 1. The molecule has 0 saturated heterocycles. The lowest BCUT2D eigenvalue weighted by molar-refractivity contribution is -0.385. The van der Waals surface area contributed by atoms with Gasteiger partial charge in [-0.25, -0.2) is 4.98 Å². The number of nitro groups is 1. The molecule has 1 heterocycles. The fraction of sp³-hybridized carbons (Fsp3) is 0.0667. The van der Waals surface area contributed by atoms with E-state index in [4.69, 9.17) is 16.3 Å². The number of hydrogen-bond acceptors (Lipinski definition) is 7. The summed E-state index contributed by atoms with van der Waals surface area (Å²) in [6.07, 6.45) is -3.53. The lowest BCUT2D eigenvalue weighted by Crippen LogP contribution is -2.21. The molecule has 1 aromatic heterocycles. The Morgan fingerprint density at radius 2 is 1.82 bits per heavy atom. The third kappa shape index (κ3) is 7.19. The topological polar surface area (TPSA) is 129 Å². The molecule has 1 amide bonds. The molecular weight excluding hydrogens is 683 g/mol. The van der Waals surface area contributed by atoms with E-state index in [1.54, 1.807) is 36.4 Å². The summed E-state index contributed by atoms with van der Waals surface area (Å²) in [6.45, 7) is -0.562. The number of nitrogens with zero attached hydrogens (tertiary/aromatic N) is 4. The minimum absolute atomic E-state index is 0.0300. The summed E-state index contributed by atoms with van der Waals surface area (Å²) in [4.78, 5) is 41.4. The van der Waals surface area contributed by atoms with E-state index in [9.17, 15) is 32.9 Å². The van der Waals surface area contributed by atoms with Gasteiger partial charge in [0, 0.05) is 27.9 Å². The van der Waals surface area contributed by atoms with Gasteiger partial charge in [0.2, 0.25) is 5.75 Å². The van der Waals surface area contributed by atoms with E-state index < -0.39 is 40.4 Å². The number of nitrogens with one attached hydrogen (secondary N) is 1. The van der Waals surface area contributed by atoms with Gasteiger partial charge in [-0.15, -0.1) is 0 Å². The number of rotatable bonds is 8. The van der Waals surface area contributed by atoms with Gasteiger partial charge in [-0.3, -0.25) is 19.7 Å². The van der Waals surface area contributed by atoms with Gasteiger partial charge in [0.05, 0.1) is 32.1 Å². The molecule has 0 aliphatic rings. The summed E-state index contributed by atoms with van der Waals surface area (Å²) < 4.78 is 46.7. The molecule has 0 bridgehead atoms. The summed E-state index contributed by atoms with van der Waals surface area (Å²) in [7, 11) is 0. The highest BCUT2D eigenvalue weighted by atomic mass is 79.9. The van der Waals surface area contributed by atoms with Crippen LogP contribution in [0.4, 0.5) is 24.5 Å². The Balaban J connectivity index is 1.49. The van der Waals surface area contributed by atoms with Crippen LogP contribution < -0.4 is 15.6 Å². The van der Waals surface area contributed by atoms with Gasteiger partial charge in [-0.05, 0) is 70.5 Å². The van der Waals surface area contributed by atoms with E-state index >= 15 is 0 Å². The number of para-hydroxylation sites is 1. The number of carbonyl (C=O) groups excluding carboxylic acids is 1. The van der Waals surface area contributed by atoms with Crippen LogP contribution in [0.15, 0.2) is 99.3 Å². The number of ether oxygens (including phenoxy) is 1. The van der Waals surface area contributed by atoms with Gasteiger partial charge in [0.25, 0.3) is 11.5 Å². The van der Waals surface area contributed by atoms with Crippen molar-refractivity contribution in [2.24, 2.45) is 5.10 Å². The first kappa shape index (κ1) is 31.3. The van der Waals surface area contributed by atoms with Crippen molar-refractivity contribution in [3.05, 3.63) is 126 Å². The maximum absolute atomic E-state index is 13.5. The summed E-state index contributed by atoms with van der Waals surface area (Å²) in [5.74, 6) is -1.01. The molecule has 0 atom stereocenters. The molecule has 45 heavy (non-hydrogen) atoms. The molecule has 5 rings (SSSR count). The normalized spacial score (nSPS) is 11.6. The van der Waals surface area contributed by atoms with E-state index in [0.717, 1.165) is 29.1 Å². The fourth-order valence-electron chi connectivity index (χ4n) is 4.20. The molecule has 0 spiro atoms. The second-order valence-electron chi connectivity index (χ2n) is 9.34. The Morgan fingerprint density at radius 1 is 1.09 bits per heavy atom. The van der Waals surface area contributed by atoms with E-state index in [2.05, 4.69) is 31.3 Å². The first-order chi connectivity index (χ1) is 21.4. The van der Waals surface area contributed by atoms with E-state index in [-0.39, 0.29) is 38.1 Å². The summed E-state index contributed by atoms with van der Waals surface area (Å²) in [5.41, 5.74) is -1.37. The molecule has 15 heteroatoms. The molecule has 228 valence electrons. The van der Waals surface area contributed by atoms with Crippen LogP contribution in [0.2, 0.25) is 5.02 Å². The lowest BCUT2D eigenvalue weighted by Gasteiger charge is -2.12. The molecule has 0 radical (unpaired) electrons. The highest BCUT2D eigenvalue weighted by Crippen LogP contribution is 2.36. The van der Waals surface area contributed by atoms with Crippen LogP contribution >= 0.6 is 27.5 Å². The van der Waals surface area contributed by atoms with Crippen molar-refractivity contribution < 1.29 is 27.6 Å². The van der Waals surface area contributed by atoms with Gasteiger partial charge in [-0.2, -0.15) is 22.9 Å². The monoisotopic (exact) mass is 699 g/mol. The van der Waals surface area contributed by atoms with Crippen molar-refractivity contribution in [3.63, 3.8) is 0 Å². The smallest absolute Gasteiger partial charge is 0.416 e. The lowest BCUT2D eigenvalue weighted by atomic mass is 10.1. The quantitative estimate of drug-likeness (QED) is 0.103. The molecule has 0 unspecified atom stereocenters. The van der Waals surface area contributed by atoms with Crippen LogP contribution in [-0.2, 0) is 11.0 Å². The van der Waals surface area contributed by atoms with Crippen molar-refractivity contribution in [2.75, 3.05) is 11.9 Å². The second kappa shape index (κ2) is 12.9. The molecule has 0 fully saturated rings. The molecule has 5 aromatic rings. The Morgan fingerprint density at radius 3 is 2.53 bits per heavy atom. The Labute approximate surface area is 265 Å². The minimum atomic E-state index is -4.65. The predicted molar refractivity (Wildman–Crippen MR) is 166 cm³/mol. The zero-order valence-electron chi connectivity index (χ0n) is 22.6. The number of nitro benzene ring substituents is 1. The average Bonchev–Trinajstić information content (AvgIpc) is 3.00. The average molecular weight is 701 g/mol. The molecule has 0 aliphatic heterocycles. The molecular formula is C30H18BrClF3N5O5. The molecule has 1 N–H and O–H groups in total. The number of hydrogen-bond donors (Lipinski definition) is 1. The standard InChI is InChI=1S/C30H18BrClF3N5O5/c31-23-12-17(13-25(40(43)44)27(23)45-16-26(41)37-21-10-8-20(32)9-11-21)15-36-39-28(18-4-3-5-19(14-18)30(33,34)35)38-24-7-2-1-6-22(24)29(39)42/h1-15H,16H2,(H,37,41). The number of benzene rings is 4. The number of fused-ring (bicyclic) bond motifs is 1. The third-order valence-electron chi connectivity index (χ3n) is 6.24. The highest BCUT2D eigenvalue weighted by Gasteiger charge is 2.31. The zero-order valence-corrected chi connectivity index (χ0v) is 24.9. The van der Waals surface area contributed by atoms with Gasteiger partial charge < -0.3 is 10.1 Å². The summed E-state index contributed by atoms with van der Waals surface area (Å²) in [6, 6.07) is 19.3. The van der Waals surface area contributed by atoms with Crippen LogP contribution in [0.3, 0.4) is 0 Å². The minimum Gasteiger partial charge on any atom is -0.476 e. The van der Waals surface area contributed by atoms with E-state index in [1.807, 2.05) is 0 Å². The number of anilines is 1. The summed E-state index contributed by atoms with van der Waals surface area (Å²) >= 11 is 9.06. The first-order valence-corrected chi connectivity index (χ1v) is 14.0. The number of amides is 1. The zero-order chi connectivity index (χ0) is 32.3. The van der Waals surface area contributed by atoms with Gasteiger partial charge in [0.1, 0.15) is 0 Å². The Kier molecular flexibility index (Phi) is 8.97. The highest BCUT2D eigenvalue weighted by molar-refractivity contribution is 9.10. The first-order valence-electron chi connectivity index (χ1n) is 12.8. The predicted octanol–water partition coefficient (Wildman–Crippen LogP) is 7.31. The third-order valence-corrected chi connectivity index (χ3v) is 7.08. The number of alkyl halides is 3. The van der Waals surface area contributed by atoms with Crippen LogP contribution in [-0.4, -0.2) is 33.3 Å². The SMILES string of the molecule is O=C(COc1c(Br)cc(C=Nn2c(-c3cccc(C(F)(F)F)c3)nc3ccccc3c2=O)cc1[N+](=O)[O-])Nc1ccc(Cl)cc1. The van der Waals surface area contributed by atoms with E-state index in [0.29, 0.717) is 10.7 Å². The van der Waals surface area contributed by atoms with Crippen molar-refractivity contribution in [1.82, 2.24) is 9.66 Å². The largest absolute Gasteiger partial charge is 0.476 e.